The summed E-state index contributed by atoms with van der Waals surface area (Å²) in [5.41, 5.74) is 6.60. The van der Waals surface area contributed by atoms with Gasteiger partial charge in [-0.2, -0.15) is 5.10 Å². The van der Waals surface area contributed by atoms with Crippen molar-refractivity contribution in [3.05, 3.63) is 35.1 Å². The van der Waals surface area contributed by atoms with Crippen molar-refractivity contribution in [2.45, 2.75) is 6.54 Å². The number of aromatic nitrogens is 3. The fraction of sp³-hybridized carbons (Fsp3) is 0.200. The number of halogens is 1. The SMILES string of the molecule is COc1ccc(Cn2ncnc2N)cc1Cl. The smallest absolute Gasteiger partial charge is 0.218 e. The van der Waals surface area contributed by atoms with Crippen LogP contribution in [-0.4, -0.2) is 21.9 Å². The Morgan fingerprint density at radius 3 is 2.88 bits per heavy atom. The van der Waals surface area contributed by atoms with E-state index in [1.807, 2.05) is 18.2 Å². The van der Waals surface area contributed by atoms with E-state index in [1.54, 1.807) is 11.8 Å². The zero-order chi connectivity index (χ0) is 11.5. The fourth-order valence-corrected chi connectivity index (χ4v) is 1.66. The number of ether oxygens (including phenoxy) is 1. The summed E-state index contributed by atoms with van der Waals surface area (Å²) in [6.07, 6.45) is 1.42. The number of nitrogen functional groups attached to an aromatic ring is 1. The van der Waals surface area contributed by atoms with Crippen molar-refractivity contribution >= 4 is 17.5 Å². The summed E-state index contributed by atoms with van der Waals surface area (Å²) in [6, 6.07) is 5.54. The number of benzene rings is 1. The topological polar surface area (TPSA) is 66.0 Å². The van der Waals surface area contributed by atoms with Crippen LogP contribution < -0.4 is 10.5 Å². The molecule has 0 aliphatic rings. The highest BCUT2D eigenvalue weighted by Gasteiger charge is 2.04. The molecule has 0 fully saturated rings. The highest BCUT2D eigenvalue weighted by molar-refractivity contribution is 6.32. The van der Waals surface area contributed by atoms with E-state index in [0.29, 0.717) is 23.3 Å². The second-order valence-corrected chi connectivity index (χ2v) is 3.65. The molecule has 1 heterocycles. The minimum Gasteiger partial charge on any atom is -0.495 e. The average molecular weight is 239 g/mol. The third kappa shape index (κ3) is 2.09. The number of rotatable bonds is 3. The second-order valence-electron chi connectivity index (χ2n) is 3.24. The van der Waals surface area contributed by atoms with Crippen molar-refractivity contribution in [3.63, 3.8) is 0 Å². The summed E-state index contributed by atoms with van der Waals surface area (Å²) in [5.74, 6) is 1.03. The Hall–Kier alpha value is -1.75. The Balaban J connectivity index is 2.23. The first kappa shape index (κ1) is 10.8. The molecule has 0 unspecified atom stereocenters. The lowest BCUT2D eigenvalue weighted by atomic mass is 10.2. The van der Waals surface area contributed by atoms with Crippen LogP contribution in [0, 0.1) is 0 Å². The number of nitrogens with two attached hydrogens (primary N) is 1. The third-order valence-electron chi connectivity index (χ3n) is 2.19. The first-order valence-corrected chi connectivity index (χ1v) is 5.04. The van der Waals surface area contributed by atoms with Crippen LogP contribution in [0.4, 0.5) is 5.95 Å². The Bertz CT molecular complexity index is 497. The highest BCUT2D eigenvalue weighted by Crippen LogP contribution is 2.25. The molecule has 2 rings (SSSR count). The van der Waals surface area contributed by atoms with Gasteiger partial charge in [-0.3, -0.25) is 0 Å². The van der Waals surface area contributed by atoms with E-state index in [4.69, 9.17) is 22.1 Å². The normalized spacial score (nSPS) is 10.4. The van der Waals surface area contributed by atoms with Gasteiger partial charge in [-0.05, 0) is 17.7 Å². The quantitative estimate of drug-likeness (QED) is 0.882. The van der Waals surface area contributed by atoms with Crippen LogP contribution >= 0.6 is 11.6 Å². The first-order chi connectivity index (χ1) is 7.70. The number of methoxy groups -OCH3 is 1. The number of anilines is 1. The van der Waals surface area contributed by atoms with Gasteiger partial charge in [0.05, 0.1) is 18.7 Å². The molecule has 0 saturated heterocycles. The zero-order valence-corrected chi connectivity index (χ0v) is 9.48. The molecule has 0 spiro atoms. The minimum atomic E-state index is 0.381. The Kier molecular flexibility index (Phi) is 2.96. The molecule has 0 aliphatic heterocycles. The van der Waals surface area contributed by atoms with Crippen LogP contribution in [0.3, 0.4) is 0 Å². The molecule has 0 amide bonds. The van der Waals surface area contributed by atoms with Crippen molar-refractivity contribution in [1.29, 1.82) is 0 Å². The van der Waals surface area contributed by atoms with Gasteiger partial charge >= 0.3 is 0 Å². The lowest BCUT2D eigenvalue weighted by Gasteiger charge is -2.06. The lowest BCUT2D eigenvalue weighted by molar-refractivity contribution is 0.415. The molecule has 1 aromatic heterocycles. The van der Waals surface area contributed by atoms with Gasteiger partial charge < -0.3 is 10.5 Å². The number of hydrogen-bond acceptors (Lipinski definition) is 4. The van der Waals surface area contributed by atoms with Crippen LogP contribution in [0.25, 0.3) is 0 Å². The van der Waals surface area contributed by atoms with E-state index >= 15 is 0 Å². The molecule has 5 nitrogen and oxygen atoms in total. The standard InChI is InChI=1S/C10H11ClN4O/c1-16-9-3-2-7(4-8(9)11)5-15-10(12)13-6-14-15/h2-4,6H,5H2,1H3,(H2,12,13,14). The first-order valence-electron chi connectivity index (χ1n) is 4.66. The molecule has 0 saturated carbocycles. The summed E-state index contributed by atoms with van der Waals surface area (Å²) in [5, 5.41) is 4.56. The summed E-state index contributed by atoms with van der Waals surface area (Å²) in [7, 11) is 1.58. The van der Waals surface area contributed by atoms with Crippen molar-refractivity contribution in [2.75, 3.05) is 12.8 Å². The molecule has 2 N–H and O–H groups in total. The van der Waals surface area contributed by atoms with Gasteiger partial charge in [0.15, 0.2) is 0 Å². The number of nitrogens with zero attached hydrogens (tertiary/aromatic N) is 3. The maximum absolute atomic E-state index is 6.01. The predicted molar refractivity (Wildman–Crippen MR) is 61.5 cm³/mol. The van der Waals surface area contributed by atoms with Crippen molar-refractivity contribution in [3.8, 4) is 5.75 Å². The fourth-order valence-electron chi connectivity index (χ4n) is 1.38. The van der Waals surface area contributed by atoms with Crippen LogP contribution in [0.1, 0.15) is 5.56 Å². The number of hydrogen-bond donors (Lipinski definition) is 1. The highest BCUT2D eigenvalue weighted by atomic mass is 35.5. The molecule has 2 aromatic rings. The van der Waals surface area contributed by atoms with E-state index < -0.39 is 0 Å². The largest absolute Gasteiger partial charge is 0.495 e. The molecular formula is C10H11ClN4O. The lowest BCUT2D eigenvalue weighted by Crippen LogP contribution is -2.06. The Labute approximate surface area is 97.8 Å². The molecule has 0 radical (unpaired) electrons. The van der Waals surface area contributed by atoms with Crippen molar-refractivity contribution in [2.24, 2.45) is 0 Å². The molecule has 1 aromatic carbocycles. The second kappa shape index (κ2) is 4.40. The van der Waals surface area contributed by atoms with Gasteiger partial charge in [0.25, 0.3) is 0 Å². The van der Waals surface area contributed by atoms with E-state index in [1.165, 1.54) is 6.33 Å². The third-order valence-corrected chi connectivity index (χ3v) is 2.49. The molecular weight excluding hydrogens is 228 g/mol. The molecule has 84 valence electrons. The van der Waals surface area contributed by atoms with Gasteiger partial charge in [-0.15, -0.1) is 0 Å². The van der Waals surface area contributed by atoms with Crippen LogP contribution in [0.15, 0.2) is 24.5 Å². The predicted octanol–water partition coefficient (Wildman–Crippen LogP) is 1.57. The summed E-state index contributed by atoms with van der Waals surface area (Å²) in [6.45, 7) is 0.537. The molecule has 16 heavy (non-hydrogen) atoms. The Morgan fingerprint density at radius 1 is 1.50 bits per heavy atom. The molecule has 0 atom stereocenters. The van der Waals surface area contributed by atoms with Gasteiger partial charge in [0, 0.05) is 0 Å². The zero-order valence-electron chi connectivity index (χ0n) is 8.72. The van der Waals surface area contributed by atoms with E-state index in [-0.39, 0.29) is 0 Å². The summed E-state index contributed by atoms with van der Waals surface area (Å²) in [4.78, 5) is 3.84. The van der Waals surface area contributed by atoms with Gasteiger partial charge in [-0.25, -0.2) is 9.67 Å². The minimum absolute atomic E-state index is 0.381. The maximum Gasteiger partial charge on any atom is 0.218 e. The monoisotopic (exact) mass is 238 g/mol. The van der Waals surface area contributed by atoms with E-state index in [2.05, 4.69) is 10.1 Å². The van der Waals surface area contributed by atoms with Gasteiger partial charge in [0.2, 0.25) is 5.95 Å². The summed E-state index contributed by atoms with van der Waals surface area (Å²) >= 11 is 6.01. The van der Waals surface area contributed by atoms with E-state index in [0.717, 1.165) is 5.56 Å². The van der Waals surface area contributed by atoms with Crippen LogP contribution in [0.5, 0.6) is 5.75 Å². The Morgan fingerprint density at radius 2 is 2.31 bits per heavy atom. The van der Waals surface area contributed by atoms with Crippen molar-refractivity contribution < 1.29 is 4.74 Å². The van der Waals surface area contributed by atoms with Gasteiger partial charge in [-0.1, -0.05) is 17.7 Å². The molecule has 0 aliphatic carbocycles. The van der Waals surface area contributed by atoms with Gasteiger partial charge in [0.1, 0.15) is 12.1 Å². The van der Waals surface area contributed by atoms with E-state index in [9.17, 15) is 0 Å². The average Bonchev–Trinajstić information content (AvgIpc) is 2.65. The molecule has 0 bridgehead atoms. The summed E-state index contributed by atoms with van der Waals surface area (Å²) < 4.78 is 6.66. The van der Waals surface area contributed by atoms with Crippen molar-refractivity contribution in [1.82, 2.24) is 14.8 Å². The van der Waals surface area contributed by atoms with Crippen LogP contribution in [0.2, 0.25) is 5.02 Å². The van der Waals surface area contributed by atoms with Crippen LogP contribution in [-0.2, 0) is 6.54 Å². The maximum atomic E-state index is 6.01. The molecule has 6 heteroatoms.